The fourth-order valence-electron chi connectivity index (χ4n) is 4.17. The molecule has 2 aromatic rings. The summed E-state index contributed by atoms with van der Waals surface area (Å²) >= 11 is 0. The van der Waals surface area contributed by atoms with Crippen LogP contribution in [0.1, 0.15) is 19.8 Å². The van der Waals surface area contributed by atoms with Crippen molar-refractivity contribution in [1.29, 1.82) is 0 Å². The van der Waals surface area contributed by atoms with Gasteiger partial charge in [0, 0.05) is 37.8 Å². The van der Waals surface area contributed by atoms with Gasteiger partial charge in [-0.3, -0.25) is 15.0 Å². The van der Waals surface area contributed by atoms with E-state index in [4.69, 9.17) is 4.74 Å². The average Bonchev–Trinajstić information content (AvgIpc) is 2.69. The van der Waals surface area contributed by atoms with Gasteiger partial charge in [0.05, 0.1) is 23.4 Å². The number of non-ortho nitro benzene ring substituents is 1. The molecular formula is C19H22FN5O3. The van der Waals surface area contributed by atoms with Gasteiger partial charge < -0.3 is 9.64 Å². The molecule has 2 aliphatic heterocycles. The number of piperidine rings is 1. The number of anilines is 1. The fourth-order valence-corrected chi connectivity index (χ4v) is 4.17. The first-order valence-corrected chi connectivity index (χ1v) is 9.40. The zero-order valence-corrected chi connectivity index (χ0v) is 15.6. The van der Waals surface area contributed by atoms with Gasteiger partial charge in [-0.1, -0.05) is 6.07 Å². The number of halogens is 1. The van der Waals surface area contributed by atoms with E-state index in [2.05, 4.69) is 26.7 Å². The van der Waals surface area contributed by atoms with Gasteiger partial charge in [0.25, 0.3) is 5.69 Å². The molecule has 0 aliphatic carbocycles. The van der Waals surface area contributed by atoms with Gasteiger partial charge in [0.2, 0.25) is 5.95 Å². The van der Waals surface area contributed by atoms with E-state index < -0.39 is 10.7 Å². The third-order valence-corrected chi connectivity index (χ3v) is 5.56. The van der Waals surface area contributed by atoms with E-state index in [9.17, 15) is 14.5 Å². The van der Waals surface area contributed by atoms with Crippen molar-refractivity contribution >= 4 is 11.6 Å². The highest BCUT2D eigenvalue weighted by Gasteiger charge is 2.39. The van der Waals surface area contributed by atoms with E-state index in [0.29, 0.717) is 17.7 Å². The molecule has 3 heterocycles. The van der Waals surface area contributed by atoms with Crippen LogP contribution in [0.5, 0.6) is 5.75 Å². The molecule has 0 spiro atoms. The Morgan fingerprint density at radius 3 is 2.79 bits per heavy atom. The van der Waals surface area contributed by atoms with E-state index in [1.54, 1.807) is 12.1 Å². The standard InChI is InChI=1S/C19H22FN5O3/c1-13-18-6-5-17(28-16-4-2-3-15(9-16)25(26)27)12-23(18)7-8-24(13)19-21-10-14(20)11-22-19/h2-4,9-11,13,17-18H,5-8,12H2,1H3/t13?,17-,18-/m0/s1. The van der Waals surface area contributed by atoms with Crippen molar-refractivity contribution in [2.24, 2.45) is 0 Å². The smallest absolute Gasteiger partial charge is 0.273 e. The largest absolute Gasteiger partial charge is 0.489 e. The van der Waals surface area contributed by atoms with Crippen LogP contribution in [-0.4, -0.2) is 57.6 Å². The van der Waals surface area contributed by atoms with Gasteiger partial charge in [-0.2, -0.15) is 0 Å². The molecule has 2 fully saturated rings. The summed E-state index contributed by atoms with van der Waals surface area (Å²) in [7, 11) is 0. The minimum atomic E-state index is -0.436. The molecule has 148 valence electrons. The lowest BCUT2D eigenvalue weighted by Gasteiger charge is -2.50. The third-order valence-electron chi connectivity index (χ3n) is 5.56. The van der Waals surface area contributed by atoms with Crippen LogP contribution in [-0.2, 0) is 0 Å². The number of piperazine rings is 1. The third kappa shape index (κ3) is 3.75. The maximum absolute atomic E-state index is 13.1. The number of fused-ring (bicyclic) bond motifs is 1. The summed E-state index contributed by atoms with van der Waals surface area (Å²) in [5, 5.41) is 10.9. The van der Waals surface area contributed by atoms with Crippen molar-refractivity contribution in [3.05, 3.63) is 52.6 Å². The SMILES string of the molecule is CC1[C@@H]2CC[C@H](Oc3cccc([N+](=O)[O-])c3)CN2CCN1c1ncc(F)cn1. The minimum absolute atomic E-state index is 0.000856. The maximum atomic E-state index is 13.1. The van der Waals surface area contributed by atoms with Crippen LogP contribution in [0.2, 0.25) is 0 Å². The molecule has 2 aliphatic rings. The highest BCUT2D eigenvalue weighted by Crippen LogP contribution is 2.30. The maximum Gasteiger partial charge on any atom is 0.273 e. The van der Waals surface area contributed by atoms with Gasteiger partial charge >= 0.3 is 0 Å². The Morgan fingerprint density at radius 1 is 1.25 bits per heavy atom. The van der Waals surface area contributed by atoms with Crippen molar-refractivity contribution in [3.8, 4) is 5.75 Å². The summed E-state index contributed by atoms with van der Waals surface area (Å²) in [5.41, 5.74) is 0.0349. The van der Waals surface area contributed by atoms with Gasteiger partial charge in [-0.05, 0) is 25.8 Å². The molecule has 0 amide bonds. The van der Waals surface area contributed by atoms with Crippen LogP contribution in [0.25, 0.3) is 0 Å². The van der Waals surface area contributed by atoms with Crippen LogP contribution in [0, 0.1) is 15.9 Å². The van der Waals surface area contributed by atoms with Gasteiger partial charge in [-0.15, -0.1) is 0 Å². The van der Waals surface area contributed by atoms with Gasteiger partial charge in [0.1, 0.15) is 11.9 Å². The predicted octanol–water partition coefficient (Wildman–Crippen LogP) is 2.64. The normalized spacial score (nSPS) is 25.2. The number of benzene rings is 1. The second-order valence-corrected chi connectivity index (χ2v) is 7.27. The lowest BCUT2D eigenvalue weighted by Crippen LogP contribution is -2.62. The molecule has 8 nitrogen and oxygen atoms in total. The molecule has 28 heavy (non-hydrogen) atoms. The molecule has 9 heteroatoms. The number of hydrogen-bond acceptors (Lipinski definition) is 7. The lowest BCUT2D eigenvalue weighted by molar-refractivity contribution is -0.385. The summed E-state index contributed by atoms with van der Waals surface area (Å²) in [6.07, 6.45) is 4.21. The molecular weight excluding hydrogens is 365 g/mol. The Bertz CT molecular complexity index is 850. The Labute approximate surface area is 162 Å². The molecule has 1 unspecified atom stereocenters. The zero-order chi connectivity index (χ0) is 19.7. The molecule has 0 N–H and O–H groups in total. The van der Waals surface area contributed by atoms with Crippen molar-refractivity contribution in [3.63, 3.8) is 0 Å². The topological polar surface area (TPSA) is 84.6 Å². The number of ether oxygens (including phenoxy) is 1. The molecule has 3 atom stereocenters. The first-order valence-electron chi connectivity index (χ1n) is 9.40. The van der Waals surface area contributed by atoms with Gasteiger partial charge in [-0.25, -0.2) is 14.4 Å². The second kappa shape index (κ2) is 7.67. The van der Waals surface area contributed by atoms with Gasteiger partial charge in [0.15, 0.2) is 5.82 Å². The first-order chi connectivity index (χ1) is 13.5. The molecule has 0 saturated carbocycles. The van der Waals surface area contributed by atoms with Crippen LogP contribution in [0.15, 0.2) is 36.7 Å². The zero-order valence-electron chi connectivity index (χ0n) is 15.6. The number of rotatable bonds is 4. The number of hydrogen-bond donors (Lipinski definition) is 0. The number of nitro benzene ring substituents is 1. The van der Waals surface area contributed by atoms with Crippen LogP contribution in [0.4, 0.5) is 16.0 Å². The Balaban J connectivity index is 1.40. The van der Waals surface area contributed by atoms with Crippen molar-refractivity contribution in [2.45, 2.75) is 38.0 Å². The second-order valence-electron chi connectivity index (χ2n) is 7.27. The summed E-state index contributed by atoms with van der Waals surface area (Å²) in [5.74, 6) is 0.654. The van der Waals surface area contributed by atoms with Crippen molar-refractivity contribution in [1.82, 2.24) is 14.9 Å². The molecule has 2 saturated heterocycles. The quantitative estimate of drug-likeness (QED) is 0.589. The summed E-state index contributed by atoms with van der Waals surface area (Å²) in [4.78, 5) is 23.3. The van der Waals surface area contributed by atoms with E-state index in [1.807, 2.05) is 0 Å². The van der Waals surface area contributed by atoms with Crippen LogP contribution < -0.4 is 9.64 Å². The average molecular weight is 387 g/mol. The number of aromatic nitrogens is 2. The fraction of sp³-hybridized carbons (Fsp3) is 0.474. The summed E-state index contributed by atoms with van der Waals surface area (Å²) in [6, 6.07) is 6.87. The highest BCUT2D eigenvalue weighted by molar-refractivity contribution is 5.38. The first kappa shape index (κ1) is 18.5. The Kier molecular flexibility index (Phi) is 5.08. The van der Waals surface area contributed by atoms with E-state index in [0.717, 1.165) is 32.5 Å². The number of nitrogens with zero attached hydrogens (tertiary/aromatic N) is 5. The monoisotopic (exact) mass is 387 g/mol. The summed E-state index contributed by atoms with van der Waals surface area (Å²) in [6.45, 7) is 4.51. The van der Waals surface area contributed by atoms with Crippen LogP contribution >= 0.6 is 0 Å². The Hall–Kier alpha value is -2.81. The lowest BCUT2D eigenvalue weighted by atomic mass is 9.92. The van der Waals surface area contributed by atoms with Crippen LogP contribution in [0.3, 0.4) is 0 Å². The minimum Gasteiger partial charge on any atom is -0.489 e. The molecule has 4 rings (SSSR count). The highest BCUT2D eigenvalue weighted by atomic mass is 19.1. The van der Waals surface area contributed by atoms with E-state index in [-0.39, 0.29) is 17.8 Å². The number of nitro groups is 1. The molecule has 1 aromatic heterocycles. The predicted molar refractivity (Wildman–Crippen MR) is 101 cm³/mol. The Morgan fingerprint density at radius 2 is 2.04 bits per heavy atom. The molecule has 1 aromatic carbocycles. The van der Waals surface area contributed by atoms with E-state index >= 15 is 0 Å². The molecule has 0 radical (unpaired) electrons. The van der Waals surface area contributed by atoms with Crippen molar-refractivity contribution < 1.29 is 14.1 Å². The summed E-state index contributed by atoms with van der Waals surface area (Å²) < 4.78 is 19.1. The van der Waals surface area contributed by atoms with Crippen molar-refractivity contribution in [2.75, 3.05) is 24.5 Å². The van der Waals surface area contributed by atoms with E-state index in [1.165, 1.54) is 24.5 Å². The molecule has 0 bridgehead atoms.